The Morgan fingerprint density at radius 3 is 2.79 bits per heavy atom. The quantitative estimate of drug-likeness (QED) is 0.841. The van der Waals surface area contributed by atoms with Gasteiger partial charge in [0.05, 0.1) is 12.6 Å². The molecule has 0 aliphatic carbocycles. The molecular formula is C19H29N3O2. The number of carbonyl (C=O) groups excluding carboxylic acids is 1. The van der Waals surface area contributed by atoms with Gasteiger partial charge in [-0.1, -0.05) is 30.3 Å². The zero-order chi connectivity index (χ0) is 17.0. The number of likely N-dealkylation sites (tertiary alicyclic amines) is 2. The molecule has 0 aromatic heterocycles. The number of piperidine rings is 1. The van der Waals surface area contributed by atoms with Crippen molar-refractivity contribution in [3.05, 3.63) is 35.9 Å². The zero-order valence-electron chi connectivity index (χ0n) is 14.6. The highest BCUT2D eigenvalue weighted by atomic mass is 16.3. The van der Waals surface area contributed by atoms with Gasteiger partial charge in [-0.25, -0.2) is 0 Å². The molecule has 2 aliphatic heterocycles. The van der Waals surface area contributed by atoms with Crippen LogP contribution in [0.25, 0.3) is 0 Å². The molecule has 0 saturated carbocycles. The topological polar surface area (TPSA) is 55.8 Å². The van der Waals surface area contributed by atoms with Crippen LogP contribution in [0, 0.1) is 0 Å². The molecule has 1 aromatic rings. The molecule has 2 aliphatic rings. The second kappa shape index (κ2) is 7.64. The minimum atomic E-state index is -0.380. The van der Waals surface area contributed by atoms with E-state index < -0.39 is 0 Å². The number of hydrogen-bond donors (Lipinski definition) is 2. The summed E-state index contributed by atoms with van der Waals surface area (Å²) in [6, 6.07) is 10.6. The van der Waals surface area contributed by atoms with Gasteiger partial charge in [-0.2, -0.15) is 0 Å². The highest BCUT2D eigenvalue weighted by Gasteiger charge is 2.48. The lowest BCUT2D eigenvalue weighted by Crippen LogP contribution is -2.62. The summed E-state index contributed by atoms with van der Waals surface area (Å²) in [4.78, 5) is 16.2. The smallest absolute Gasteiger partial charge is 0.233 e. The minimum absolute atomic E-state index is 0.0190. The monoisotopic (exact) mass is 331 g/mol. The summed E-state index contributed by atoms with van der Waals surface area (Å²) < 4.78 is 0. The van der Waals surface area contributed by atoms with Crippen molar-refractivity contribution in [2.75, 3.05) is 39.8 Å². The number of hydrogen-bond acceptors (Lipinski definition) is 4. The molecule has 1 spiro atoms. The second-order valence-electron chi connectivity index (χ2n) is 7.10. The lowest BCUT2D eigenvalue weighted by atomic mass is 9.82. The Labute approximate surface area is 144 Å². The van der Waals surface area contributed by atoms with E-state index in [0.29, 0.717) is 13.1 Å². The number of likely N-dealkylation sites (N-methyl/N-ethyl adjacent to an activating group) is 1. The third-order valence-corrected chi connectivity index (χ3v) is 5.74. The average Bonchev–Trinajstić information content (AvgIpc) is 3.01. The Bertz CT molecular complexity index is 551. The molecule has 2 N–H and O–H groups in total. The van der Waals surface area contributed by atoms with Gasteiger partial charge in [0.1, 0.15) is 0 Å². The summed E-state index contributed by atoms with van der Waals surface area (Å²) in [5, 5.41) is 13.5. The molecule has 2 saturated heterocycles. The van der Waals surface area contributed by atoms with Crippen molar-refractivity contribution >= 4 is 5.91 Å². The number of aliphatic hydroxyl groups is 1. The Morgan fingerprint density at radius 1 is 1.29 bits per heavy atom. The van der Waals surface area contributed by atoms with E-state index in [9.17, 15) is 9.90 Å². The third-order valence-electron chi connectivity index (χ3n) is 5.74. The van der Waals surface area contributed by atoms with E-state index in [4.69, 9.17) is 0 Å². The Morgan fingerprint density at radius 2 is 2.08 bits per heavy atom. The summed E-state index contributed by atoms with van der Waals surface area (Å²) in [6.07, 6.45) is 3.81. The molecule has 24 heavy (non-hydrogen) atoms. The lowest BCUT2D eigenvalue weighted by Gasteiger charge is -2.48. The van der Waals surface area contributed by atoms with E-state index >= 15 is 0 Å². The first-order valence-corrected chi connectivity index (χ1v) is 9.04. The normalized spacial score (nSPS) is 28.3. The number of nitrogens with zero attached hydrogens (tertiary/aromatic N) is 2. The molecular weight excluding hydrogens is 302 g/mol. The number of carbonyl (C=O) groups is 1. The number of β-amino-alcohol motifs (C(OH)–C–C–N with tert-alkyl or cyclic N) is 1. The fourth-order valence-corrected chi connectivity index (χ4v) is 4.31. The van der Waals surface area contributed by atoms with E-state index in [1.807, 2.05) is 6.07 Å². The SMILES string of the molecule is CNC(=O)CN1CC[C@@]2(CCCN2CCc2ccccc2)[C@@H](O)C1. The van der Waals surface area contributed by atoms with Crippen molar-refractivity contribution in [2.45, 2.75) is 37.3 Å². The Hall–Kier alpha value is -1.43. The summed E-state index contributed by atoms with van der Waals surface area (Å²) >= 11 is 0. The zero-order valence-corrected chi connectivity index (χ0v) is 14.6. The Kier molecular flexibility index (Phi) is 5.54. The molecule has 2 heterocycles. The maximum atomic E-state index is 11.6. The Balaban J connectivity index is 1.60. The number of nitrogens with one attached hydrogen (secondary N) is 1. The van der Waals surface area contributed by atoms with E-state index in [2.05, 4.69) is 39.4 Å². The maximum absolute atomic E-state index is 11.6. The van der Waals surface area contributed by atoms with Crippen LogP contribution in [0.15, 0.2) is 30.3 Å². The van der Waals surface area contributed by atoms with Crippen molar-refractivity contribution in [1.29, 1.82) is 0 Å². The fraction of sp³-hybridized carbons (Fsp3) is 0.632. The van der Waals surface area contributed by atoms with Crippen LogP contribution in [-0.4, -0.2) is 72.2 Å². The van der Waals surface area contributed by atoms with Gasteiger partial charge in [-0.05, 0) is 37.8 Å². The first kappa shape index (κ1) is 17.4. The van der Waals surface area contributed by atoms with Gasteiger partial charge in [-0.3, -0.25) is 14.6 Å². The number of rotatable bonds is 5. The van der Waals surface area contributed by atoms with Crippen LogP contribution >= 0.6 is 0 Å². The number of benzene rings is 1. The van der Waals surface area contributed by atoms with Gasteiger partial charge in [0.2, 0.25) is 5.91 Å². The molecule has 132 valence electrons. The van der Waals surface area contributed by atoms with Crippen molar-refractivity contribution in [2.24, 2.45) is 0 Å². The fourth-order valence-electron chi connectivity index (χ4n) is 4.31. The van der Waals surface area contributed by atoms with Crippen LogP contribution in [0.2, 0.25) is 0 Å². The molecule has 1 aromatic carbocycles. The van der Waals surface area contributed by atoms with Crippen LogP contribution in [0.4, 0.5) is 0 Å². The van der Waals surface area contributed by atoms with Crippen LogP contribution in [0.5, 0.6) is 0 Å². The highest BCUT2D eigenvalue weighted by Crippen LogP contribution is 2.38. The van der Waals surface area contributed by atoms with Gasteiger partial charge in [0.15, 0.2) is 0 Å². The molecule has 2 fully saturated rings. The van der Waals surface area contributed by atoms with Gasteiger partial charge in [-0.15, -0.1) is 0 Å². The van der Waals surface area contributed by atoms with Crippen LogP contribution in [0.1, 0.15) is 24.8 Å². The van der Waals surface area contributed by atoms with E-state index in [1.165, 1.54) is 5.56 Å². The molecule has 0 bridgehead atoms. The number of amides is 1. The van der Waals surface area contributed by atoms with Crippen molar-refractivity contribution in [1.82, 2.24) is 15.1 Å². The first-order valence-electron chi connectivity index (χ1n) is 9.04. The first-order chi connectivity index (χ1) is 11.6. The second-order valence-corrected chi connectivity index (χ2v) is 7.10. The van der Waals surface area contributed by atoms with Gasteiger partial charge in [0, 0.05) is 32.2 Å². The lowest BCUT2D eigenvalue weighted by molar-refractivity contribution is -0.124. The van der Waals surface area contributed by atoms with Crippen LogP contribution in [-0.2, 0) is 11.2 Å². The summed E-state index contributed by atoms with van der Waals surface area (Å²) in [5.74, 6) is 0.0190. The predicted molar refractivity (Wildman–Crippen MR) is 94.8 cm³/mol. The van der Waals surface area contributed by atoms with Gasteiger partial charge < -0.3 is 10.4 Å². The van der Waals surface area contributed by atoms with Crippen LogP contribution < -0.4 is 5.32 Å². The van der Waals surface area contributed by atoms with Crippen molar-refractivity contribution in [3.63, 3.8) is 0 Å². The minimum Gasteiger partial charge on any atom is -0.390 e. The molecule has 3 rings (SSSR count). The summed E-state index contributed by atoms with van der Waals surface area (Å²) in [5.41, 5.74) is 1.26. The van der Waals surface area contributed by atoms with Gasteiger partial charge >= 0.3 is 0 Å². The average molecular weight is 331 g/mol. The van der Waals surface area contributed by atoms with Crippen molar-refractivity contribution in [3.8, 4) is 0 Å². The maximum Gasteiger partial charge on any atom is 0.233 e. The molecule has 0 radical (unpaired) electrons. The van der Waals surface area contributed by atoms with Crippen molar-refractivity contribution < 1.29 is 9.90 Å². The van der Waals surface area contributed by atoms with Crippen LogP contribution in [0.3, 0.4) is 0 Å². The van der Waals surface area contributed by atoms with Gasteiger partial charge in [0.25, 0.3) is 0 Å². The number of aliphatic hydroxyl groups excluding tert-OH is 1. The molecule has 5 nitrogen and oxygen atoms in total. The molecule has 1 amide bonds. The molecule has 2 atom stereocenters. The van der Waals surface area contributed by atoms with E-state index in [-0.39, 0.29) is 17.6 Å². The van der Waals surface area contributed by atoms with E-state index in [1.54, 1.807) is 7.05 Å². The van der Waals surface area contributed by atoms with E-state index in [0.717, 1.165) is 45.3 Å². The highest BCUT2D eigenvalue weighted by molar-refractivity contribution is 5.77. The molecule has 0 unspecified atom stereocenters. The molecule has 5 heteroatoms. The third kappa shape index (κ3) is 3.63. The summed E-state index contributed by atoms with van der Waals surface area (Å²) in [6.45, 7) is 3.92. The largest absolute Gasteiger partial charge is 0.390 e. The standard InChI is InChI=1S/C19H29N3O2/c1-20-18(24)15-21-13-10-19(17(23)14-21)9-5-11-22(19)12-8-16-6-3-2-4-7-16/h2-4,6-7,17,23H,5,8-15H2,1H3,(H,20,24)/t17-,19-/m0/s1. The predicted octanol–water partition coefficient (Wildman–Crippen LogP) is 0.876. The summed E-state index contributed by atoms with van der Waals surface area (Å²) in [7, 11) is 1.66.